The highest BCUT2D eigenvalue weighted by molar-refractivity contribution is 7.88. The van der Waals surface area contributed by atoms with Crippen LogP contribution in [0, 0.1) is 0 Å². The van der Waals surface area contributed by atoms with Gasteiger partial charge in [0.25, 0.3) is 0 Å². The molecule has 1 atom stereocenters. The number of nitrogens with one attached hydrogen (secondary N) is 1. The van der Waals surface area contributed by atoms with E-state index in [9.17, 15) is 13.2 Å². The summed E-state index contributed by atoms with van der Waals surface area (Å²) in [6.07, 6.45) is 4.36. The number of hydrogen-bond donors (Lipinski definition) is 1. The van der Waals surface area contributed by atoms with Crippen molar-refractivity contribution < 1.29 is 13.2 Å². The molecular formula is C20H26N2O3S. The Hall–Kier alpha value is -2.18. The Labute approximate surface area is 156 Å². The maximum atomic E-state index is 12.8. The molecule has 1 N–H and O–H groups in total. The molecule has 0 bridgehead atoms. The van der Waals surface area contributed by atoms with Gasteiger partial charge in [0, 0.05) is 12.7 Å². The minimum absolute atomic E-state index is 0.384. The van der Waals surface area contributed by atoms with E-state index >= 15 is 0 Å². The summed E-state index contributed by atoms with van der Waals surface area (Å²) in [5.74, 6) is -0.384. The maximum absolute atomic E-state index is 12.8. The molecule has 2 aromatic rings. The monoisotopic (exact) mass is 374 g/mol. The van der Waals surface area contributed by atoms with Gasteiger partial charge < -0.3 is 5.32 Å². The van der Waals surface area contributed by atoms with Crippen molar-refractivity contribution in [3.8, 4) is 0 Å². The number of hydrogen-bond acceptors (Lipinski definition) is 3. The van der Waals surface area contributed by atoms with E-state index in [1.807, 2.05) is 30.3 Å². The number of carbonyl (C=O) groups is 1. The van der Waals surface area contributed by atoms with E-state index < -0.39 is 16.1 Å². The molecule has 0 saturated heterocycles. The van der Waals surface area contributed by atoms with E-state index in [0.29, 0.717) is 11.3 Å². The van der Waals surface area contributed by atoms with Crippen LogP contribution in [0.15, 0.2) is 54.6 Å². The average molecular weight is 375 g/mol. The van der Waals surface area contributed by atoms with Gasteiger partial charge in [-0.15, -0.1) is 0 Å². The first-order valence-corrected chi connectivity index (χ1v) is 10.6. The largest absolute Gasteiger partial charge is 0.324 e. The van der Waals surface area contributed by atoms with Gasteiger partial charge in [-0.05, 0) is 36.1 Å². The fourth-order valence-corrected chi connectivity index (χ4v) is 3.30. The zero-order valence-electron chi connectivity index (χ0n) is 15.5. The lowest BCUT2D eigenvalue weighted by Crippen LogP contribution is -2.38. The molecule has 0 fully saturated rings. The third-order valence-corrected chi connectivity index (χ3v) is 5.55. The van der Waals surface area contributed by atoms with Gasteiger partial charge in [-0.25, -0.2) is 8.42 Å². The topological polar surface area (TPSA) is 66.5 Å². The fourth-order valence-electron chi connectivity index (χ4n) is 2.70. The van der Waals surface area contributed by atoms with Gasteiger partial charge in [0.05, 0.1) is 6.26 Å². The molecule has 0 heterocycles. The molecule has 0 aliphatic heterocycles. The summed E-state index contributed by atoms with van der Waals surface area (Å²) in [6, 6.07) is 15.7. The van der Waals surface area contributed by atoms with Crippen molar-refractivity contribution in [2.45, 2.75) is 32.2 Å². The van der Waals surface area contributed by atoms with Crippen LogP contribution in [0.4, 0.5) is 5.69 Å². The number of benzene rings is 2. The Morgan fingerprint density at radius 3 is 2.23 bits per heavy atom. The van der Waals surface area contributed by atoms with Crippen LogP contribution < -0.4 is 5.32 Å². The Morgan fingerprint density at radius 1 is 1.08 bits per heavy atom. The summed E-state index contributed by atoms with van der Waals surface area (Å²) < 4.78 is 25.1. The van der Waals surface area contributed by atoms with Crippen molar-refractivity contribution in [1.82, 2.24) is 4.31 Å². The molecule has 2 aromatic carbocycles. The number of likely N-dealkylation sites (N-methyl/N-ethyl adjacent to an activating group) is 1. The van der Waals surface area contributed by atoms with Crippen LogP contribution in [0.5, 0.6) is 0 Å². The molecule has 0 aromatic heterocycles. The van der Waals surface area contributed by atoms with E-state index in [1.165, 1.54) is 12.6 Å². The Morgan fingerprint density at radius 2 is 1.69 bits per heavy atom. The second-order valence-corrected chi connectivity index (χ2v) is 8.42. The summed E-state index contributed by atoms with van der Waals surface area (Å²) in [5, 5.41) is 2.83. The quantitative estimate of drug-likeness (QED) is 0.768. The zero-order valence-corrected chi connectivity index (χ0v) is 16.3. The van der Waals surface area contributed by atoms with Crippen LogP contribution in [0.2, 0.25) is 0 Å². The number of carbonyl (C=O) groups excluding carboxylic acids is 1. The number of aryl methyl sites for hydroxylation is 1. The highest BCUT2D eigenvalue weighted by Gasteiger charge is 2.30. The normalized spacial score (nSPS) is 12.8. The number of unbranched alkanes of at least 4 members (excludes halogenated alkanes) is 1. The number of amides is 1. The minimum atomic E-state index is -3.53. The molecule has 0 spiro atoms. The molecule has 0 unspecified atom stereocenters. The molecule has 1 amide bonds. The van der Waals surface area contributed by atoms with E-state index in [2.05, 4.69) is 12.2 Å². The molecule has 0 aliphatic carbocycles. The molecule has 26 heavy (non-hydrogen) atoms. The molecule has 0 saturated carbocycles. The van der Waals surface area contributed by atoms with Gasteiger partial charge in [-0.1, -0.05) is 55.8 Å². The third-order valence-electron chi connectivity index (χ3n) is 4.29. The van der Waals surface area contributed by atoms with Gasteiger partial charge in [0.1, 0.15) is 6.04 Å². The van der Waals surface area contributed by atoms with Crippen LogP contribution >= 0.6 is 0 Å². The van der Waals surface area contributed by atoms with Crippen LogP contribution in [-0.4, -0.2) is 31.9 Å². The van der Waals surface area contributed by atoms with Gasteiger partial charge in [-0.3, -0.25) is 4.79 Å². The number of nitrogens with zero attached hydrogens (tertiary/aromatic N) is 1. The van der Waals surface area contributed by atoms with Crippen molar-refractivity contribution >= 4 is 21.6 Å². The van der Waals surface area contributed by atoms with E-state index in [0.717, 1.165) is 29.8 Å². The predicted molar refractivity (Wildman–Crippen MR) is 105 cm³/mol. The first-order valence-electron chi connectivity index (χ1n) is 8.70. The van der Waals surface area contributed by atoms with Crippen molar-refractivity contribution in [2.24, 2.45) is 0 Å². The highest BCUT2D eigenvalue weighted by Crippen LogP contribution is 2.24. The third kappa shape index (κ3) is 5.41. The van der Waals surface area contributed by atoms with Gasteiger partial charge in [0.15, 0.2) is 0 Å². The average Bonchev–Trinajstić information content (AvgIpc) is 2.61. The summed E-state index contributed by atoms with van der Waals surface area (Å²) in [6.45, 7) is 2.15. The van der Waals surface area contributed by atoms with Crippen molar-refractivity contribution in [1.29, 1.82) is 0 Å². The minimum Gasteiger partial charge on any atom is -0.324 e. The first-order chi connectivity index (χ1) is 12.3. The Kier molecular flexibility index (Phi) is 6.94. The zero-order chi connectivity index (χ0) is 19.2. The standard InChI is InChI=1S/C20H26N2O3S/c1-4-5-9-16-12-14-18(15-13-16)21-20(23)19(22(2)26(3,24)25)17-10-7-6-8-11-17/h6-8,10-15,19H,4-5,9H2,1-3H3,(H,21,23)/t19-/m1/s1. The molecule has 6 heteroatoms. The second kappa shape index (κ2) is 8.96. The van der Waals surface area contributed by atoms with E-state index in [4.69, 9.17) is 0 Å². The summed E-state index contributed by atoms with van der Waals surface area (Å²) in [7, 11) is -2.11. The fraction of sp³-hybridized carbons (Fsp3) is 0.350. The highest BCUT2D eigenvalue weighted by atomic mass is 32.2. The lowest BCUT2D eigenvalue weighted by Gasteiger charge is -2.25. The molecule has 0 radical (unpaired) electrons. The predicted octanol–water partition coefficient (Wildman–Crippen LogP) is 3.60. The van der Waals surface area contributed by atoms with Gasteiger partial charge in [0.2, 0.25) is 15.9 Å². The van der Waals surface area contributed by atoms with E-state index in [1.54, 1.807) is 24.3 Å². The number of anilines is 1. The summed E-state index contributed by atoms with van der Waals surface area (Å²) in [5.41, 5.74) is 2.49. The van der Waals surface area contributed by atoms with Crippen LogP contribution in [0.1, 0.15) is 36.9 Å². The summed E-state index contributed by atoms with van der Waals surface area (Å²) in [4.78, 5) is 12.8. The smallest absolute Gasteiger partial charge is 0.247 e. The number of sulfonamides is 1. The molecule has 140 valence electrons. The molecule has 2 rings (SSSR count). The molecule has 5 nitrogen and oxygen atoms in total. The SMILES string of the molecule is CCCCc1ccc(NC(=O)[C@@H](c2ccccc2)N(C)S(C)(=O)=O)cc1. The molecule has 0 aliphatic rings. The van der Waals surface area contributed by atoms with Crippen molar-refractivity contribution in [3.05, 3.63) is 65.7 Å². The first kappa shape index (κ1) is 20.1. The summed E-state index contributed by atoms with van der Waals surface area (Å²) >= 11 is 0. The lowest BCUT2D eigenvalue weighted by atomic mass is 10.1. The van der Waals surface area contributed by atoms with Crippen molar-refractivity contribution in [3.63, 3.8) is 0 Å². The van der Waals surface area contributed by atoms with Crippen molar-refractivity contribution in [2.75, 3.05) is 18.6 Å². The van der Waals surface area contributed by atoms with E-state index in [-0.39, 0.29) is 5.91 Å². The molecular weight excluding hydrogens is 348 g/mol. The Bertz CT molecular complexity index is 818. The van der Waals surface area contributed by atoms with Crippen LogP contribution in [0.25, 0.3) is 0 Å². The van der Waals surface area contributed by atoms with Crippen LogP contribution in [0.3, 0.4) is 0 Å². The van der Waals surface area contributed by atoms with Gasteiger partial charge in [-0.2, -0.15) is 4.31 Å². The Balaban J connectivity index is 2.21. The van der Waals surface area contributed by atoms with Gasteiger partial charge >= 0.3 is 0 Å². The number of rotatable bonds is 8. The lowest BCUT2D eigenvalue weighted by molar-refractivity contribution is -0.119. The second-order valence-electron chi connectivity index (χ2n) is 6.38. The maximum Gasteiger partial charge on any atom is 0.247 e. The van der Waals surface area contributed by atoms with Crippen LogP contribution in [-0.2, 0) is 21.2 Å².